The van der Waals surface area contributed by atoms with E-state index in [0.29, 0.717) is 16.7 Å². The van der Waals surface area contributed by atoms with Gasteiger partial charge in [-0.15, -0.1) is 0 Å². The van der Waals surface area contributed by atoms with Crippen molar-refractivity contribution in [2.24, 2.45) is 0 Å². The Bertz CT molecular complexity index is 688. The number of nitrogens with zero attached hydrogens (tertiary/aromatic N) is 1. The zero-order chi connectivity index (χ0) is 15.0. The van der Waals surface area contributed by atoms with Crippen LogP contribution in [0, 0.1) is 11.6 Å². The van der Waals surface area contributed by atoms with Crippen molar-refractivity contribution in [1.82, 2.24) is 4.90 Å². The zero-order valence-electron chi connectivity index (χ0n) is 11.0. The summed E-state index contributed by atoms with van der Waals surface area (Å²) < 4.78 is 26.2. The average Bonchev–Trinajstić information content (AvgIpc) is 2.69. The van der Waals surface area contributed by atoms with Gasteiger partial charge in [-0.1, -0.05) is 12.1 Å². The molecule has 0 bridgehead atoms. The van der Waals surface area contributed by atoms with E-state index in [-0.39, 0.29) is 24.8 Å². The second-order valence-corrected chi connectivity index (χ2v) is 4.84. The van der Waals surface area contributed by atoms with Crippen LogP contribution in [0.15, 0.2) is 42.5 Å². The SMILES string of the molecule is O=C1c2ccccc2C(=O)N1CCc1cc(F)cc(F)c1. The fourth-order valence-corrected chi connectivity index (χ4v) is 2.44. The van der Waals surface area contributed by atoms with Gasteiger partial charge in [0.1, 0.15) is 11.6 Å². The molecule has 0 radical (unpaired) electrons. The number of imide groups is 1. The molecule has 3 rings (SSSR count). The minimum Gasteiger partial charge on any atom is -0.274 e. The van der Waals surface area contributed by atoms with Crippen LogP contribution in [0.1, 0.15) is 26.3 Å². The lowest BCUT2D eigenvalue weighted by atomic mass is 10.1. The maximum absolute atomic E-state index is 13.1. The van der Waals surface area contributed by atoms with Gasteiger partial charge < -0.3 is 0 Å². The summed E-state index contributed by atoms with van der Waals surface area (Å²) in [7, 11) is 0. The van der Waals surface area contributed by atoms with E-state index in [2.05, 4.69) is 0 Å². The van der Waals surface area contributed by atoms with E-state index < -0.39 is 11.6 Å². The van der Waals surface area contributed by atoms with Gasteiger partial charge in [0.15, 0.2) is 0 Å². The number of carbonyl (C=O) groups is 2. The summed E-state index contributed by atoms with van der Waals surface area (Å²) in [4.78, 5) is 25.3. The first kappa shape index (κ1) is 13.4. The predicted molar refractivity (Wildman–Crippen MR) is 71.9 cm³/mol. The molecule has 0 fully saturated rings. The quantitative estimate of drug-likeness (QED) is 0.814. The summed E-state index contributed by atoms with van der Waals surface area (Å²) in [5, 5.41) is 0. The summed E-state index contributed by atoms with van der Waals surface area (Å²) in [6.45, 7) is 0.0925. The van der Waals surface area contributed by atoms with Gasteiger partial charge in [-0.25, -0.2) is 8.78 Å². The lowest BCUT2D eigenvalue weighted by Gasteiger charge is -2.13. The molecule has 106 valence electrons. The van der Waals surface area contributed by atoms with Crippen molar-refractivity contribution in [3.05, 3.63) is 70.8 Å². The molecule has 0 N–H and O–H groups in total. The summed E-state index contributed by atoms with van der Waals surface area (Å²) >= 11 is 0. The highest BCUT2D eigenvalue weighted by Crippen LogP contribution is 2.22. The van der Waals surface area contributed by atoms with Crippen molar-refractivity contribution < 1.29 is 18.4 Å². The molecule has 3 nitrogen and oxygen atoms in total. The van der Waals surface area contributed by atoms with E-state index in [9.17, 15) is 18.4 Å². The van der Waals surface area contributed by atoms with Gasteiger partial charge in [-0.05, 0) is 36.2 Å². The molecule has 0 saturated heterocycles. The van der Waals surface area contributed by atoms with E-state index >= 15 is 0 Å². The van der Waals surface area contributed by atoms with Crippen LogP contribution in [0.2, 0.25) is 0 Å². The summed E-state index contributed by atoms with van der Waals surface area (Å²) in [6, 6.07) is 9.74. The Morgan fingerprint density at radius 1 is 0.857 bits per heavy atom. The molecule has 2 amide bonds. The number of hydrogen-bond acceptors (Lipinski definition) is 2. The molecule has 2 aromatic carbocycles. The molecule has 21 heavy (non-hydrogen) atoms. The highest BCUT2D eigenvalue weighted by atomic mass is 19.1. The first-order valence-corrected chi connectivity index (χ1v) is 6.46. The molecule has 1 aliphatic heterocycles. The maximum atomic E-state index is 13.1. The third-order valence-electron chi connectivity index (χ3n) is 3.42. The predicted octanol–water partition coefficient (Wildman–Crippen LogP) is 2.80. The lowest BCUT2D eigenvalue weighted by molar-refractivity contribution is 0.0656. The molecule has 1 heterocycles. The number of carbonyl (C=O) groups excluding carboxylic acids is 2. The highest BCUT2D eigenvalue weighted by molar-refractivity contribution is 6.21. The van der Waals surface area contributed by atoms with Crippen molar-refractivity contribution in [1.29, 1.82) is 0 Å². The van der Waals surface area contributed by atoms with E-state index in [4.69, 9.17) is 0 Å². The van der Waals surface area contributed by atoms with Crippen molar-refractivity contribution in [2.45, 2.75) is 6.42 Å². The van der Waals surface area contributed by atoms with Crippen molar-refractivity contribution in [3.8, 4) is 0 Å². The second-order valence-electron chi connectivity index (χ2n) is 4.84. The van der Waals surface area contributed by atoms with Crippen molar-refractivity contribution >= 4 is 11.8 Å². The summed E-state index contributed by atoms with van der Waals surface area (Å²) in [5.74, 6) is -2.08. The number of halogens is 2. The van der Waals surface area contributed by atoms with Crippen molar-refractivity contribution in [3.63, 3.8) is 0 Å². The van der Waals surface area contributed by atoms with Gasteiger partial charge in [0.25, 0.3) is 11.8 Å². The number of amides is 2. The monoisotopic (exact) mass is 287 g/mol. The fraction of sp³-hybridized carbons (Fsp3) is 0.125. The Morgan fingerprint density at radius 2 is 1.38 bits per heavy atom. The molecule has 0 aromatic heterocycles. The highest BCUT2D eigenvalue weighted by Gasteiger charge is 2.34. The maximum Gasteiger partial charge on any atom is 0.261 e. The Hall–Kier alpha value is -2.56. The van der Waals surface area contributed by atoms with E-state index in [1.807, 2.05) is 0 Å². The van der Waals surface area contributed by atoms with E-state index in [1.165, 1.54) is 12.1 Å². The number of benzene rings is 2. The number of fused-ring (bicyclic) bond motifs is 1. The Balaban J connectivity index is 1.78. The number of rotatable bonds is 3. The summed E-state index contributed by atoms with van der Waals surface area (Å²) in [6.07, 6.45) is 0.208. The van der Waals surface area contributed by atoms with Crippen LogP contribution in [0.5, 0.6) is 0 Å². The second kappa shape index (κ2) is 5.09. The normalized spacial score (nSPS) is 13.7. The first-order valence-electron chi connectivity index (χ1n) is 6.46. The topological polar surface area (TPSA) is 37.4 Å². The van der Waals surface area contributed by atoms with Crippen LogP contribution >= 0.6 is 0 Å². The van der Waals surface area contributed by atoms with Crippen LogP contribution < -0.4 is 0 Å². The minimum atomic E-state index is -0.674. The standard InChI is InChI=1S/C16H11F2NO2/c17-11-7-10(8-12(18)9-11)5-6-19-15(20)13-3-1-2-4-14(13)16(19)21/h1-4,7-9H,5-6H2. The van der Waals surface area contributed by atoms with Crippen LogP contribution in [-0.4, -0.2) is 23.3 Å². The van der Waals surface area contributed by atoms with Gasteiger partial charge in [0.05, 0.1) is 11.1 Å². The Morgan fingerprint density at radius 3 is 1.90 bits per heavy atom. The molecule has 0 unspecified atom stereocenters. The first-order chi connectivity index (χ1) is 10.1. The van der Waals surface area contributed by atoms with Crippen molar-refractivity contribution in [2.75, 3.05) is 6.54 Å². The van der Waals surface area contributed by atoms with Gasteiger partial charge in [0.2, 0.25) is 0 Å². The van der Waals surface area contributed by atoms with Crippen LogP contribution in [0.4, 0.5) is 8.78 Å². The third kappa shape index (κ3) is 2.42. The van der Waals surface area contributed by atoms with Gasteiger partial charge in [0, 0.05) is 12.6 Å². The minimum absolute atomic E-state index is 0.0925. The zero-order valence-corrected chi connectivity index (χ0v) is 11.0. The molecule has 0 atom stereocenters. The molecule has 1 aliphatic rings. The lowest BCUT2D eigenvalue weighted by Crippen LogP contribution is -2.31. The fourth-order valence-electron chi connectivity index (χ4n) is 2.44. The third-order valence-corrected chi connectivity index (χ3v) is 3.42. The Kier molecular flexibility index (Phi) is 3.25. The van der Waals surface area contributed by atoms with E-state index in [1.54, 1.807) is 24.3 Å². The Labute approximate surface area is 119 Å². The van der Waals surface area contributed by atoms with Crippen LogP contribution in [0.3, 0.4) is 0 Å². The average molecular weight is 287 g/mol. The van der Waals surface area contributed by atoms with Gasteiger partial charge in [-0.3, -0.25) is 14.5 Å². The van der Waals surface area contributed by atoms with Gasteiger partial charge in [-0.2, -0.15) is 0 Å². The molecular formula is C16H11F2NO2. The smallest absolute Gasteiger partial charge is 0.261 e. The number of hydrogen-bond donors (Lipinski definition) is 0. The van der Waals surface area contributed by atoms with Crippen LogP contribution in [0.25, 0.3) is 0 Å². The summed E-state index contributed by atoms with van der Waals surface area (Å²) in [5.41, 5.74) is 1.14. The molecule has 0 saturated carbocycles. The van der Waals surface area contributed by atoms with E-state index in [0.717, 1.165) is 11.0 Å². The van der Waals surface area contributed by atoms with Crippen LogP contribution in [-0.2, 0) is 6.42 Å². The molecule has 5 heteroatoms. The molecular weight excluding hydrogens is 276 g/mol. The molecule has 0 aliphatic carbocycles. The largest absolute Gasteiger partial charge is 0.274 e. The molecule has 0 spiro atoms. The van der Waals surface area contributed by atoms with Gasteiger partial charge >= 0.3 is 0 Å². The molecule has 2 aromatic rings.